The van der Waals surface area contributed by atoms with Crippen LogP contribution < -0.4 is 0 Å². The highest BCUT2D eigenvalue weighted by Gasteiger charge is 2.12. The molecule has 0 saturated heterocycles. The standard InChI is InChI=1S/C7H8O4/c1-2-5-11-7(10)6(9)3-4-8/h2,4H,1,3,5H2. The highest BCUT2D eigenvalue weighted by atomic mass is 16.5. The van der Waals surface area contributed by atoms with Crippen LogP contribution in [0.2, 0.25) is 0 Å². The lowest BCUT2D eigenvalue weighted by Gasteiger charge is -1.96. The number of aldehydes is 1. The summed E-state index contributed by atoms with van der Waals surface area (Å²) >= 11 is 0. The Morgan fingerprint density at radius 2 is 2.09 bits per heavy atom. The van der Waals surface area contributed by atoms with Crippen molar-refractivity contribution in [2.75, 3.05) is 6.61 Å². The summed E-state index contributed by atoms with van der Waals surface area (Å²) in [5.74, 6) is -1.82. The molecular formula is C7H8O4. The number of rotatable bonds is 5. The first-order chi connectivity index (χ1) is 5.22. The number of Topliss-reactive ketones (excluding diaryl/α,β-unsaturated/α-hetero) is 1. The monoisotopic (exact) mass is 156 g/mol. The van der Waals surface area contributed by atoms with Crippen molar-refractivity contribution in [2.45, 2.75) is 6.42 Å². The maximum Gasteiger partial charge on any atom is 0.375 e. The molecule has 0 N–H and O–H groups in total. The minimum atomic E-state index is -0.989. The third kappa shape index (κ3) is 4.02. The Labute approximate surface area is 63.8 Å². The highest BCUT2D eigenvalue weighted by Crippen LogP contribution is 1.84. The summed E-state index contributed by atoms with van der Waals surface area (Å²) in [5, 5.41) is 0. The SMILES string of the molecule is C=CCOC(=O)C(=O)CC=O. The molecule has 0 aromatic rings. The zero-order valence-corrected chi connectivity index (χ0v) is 5.91. The summed E-state index contributed by atoms with van der Waals surface area (Å²) < 4.78 is 4.34. The predicted octanol–water partition coefficient (Wildman–Crippen LogP) is -0.126. The molecule has 0 aliphatic heterocycles. The van der Waals surface area contributed by atoms with E-state index >= 15 is 0 Å². The minimum Gasteiger partial charge on any atom is -0.456 e. The number of ether oxygens (including phenoxy) is 1. The summed E-state index contributed by atoms with van der Waals surface area (Å²) in [6.07, 6.45) is 1.28. The summed E-state index contributed by atoms with van der Waals surface area (Å²) in [5.41, 5.74) is 0. The second-order valence-electron chi connectivity index (χ2n) is 1.68. The van der Waals surface area contributed by atoms with Gasteiger partial charge in [-0.25, -0.2) is 4.79 Å². The van der Waals surface area contributed by atoms with Crippen LogP contribution in [0.5, 0.6) is 0 Å². The Morgan fingerprint density at radius 1 is 1.45 bits per heavy atom. The first-order valence-electron chi connectivity index (χ1n) is 2.97. The van der Waals surface area contributed by atoms with Crippen molar-refractivity contribution in [1.82, 2.24) is 0 Å². The maximum absolute atomic E-state index is 10.5. The van der Waals surface area contributed by atoms with E-state index in [9.17, 15) is 14.4 Å². The Kier molecular flexibility index (Phi) is 4.64. The van der Waals surface area contributed by atoms with E-state index in [2.05, 4.69) is 11.3 Å². The first kappa shape index (κ1) is 9.55. The van der Waals surface area contributed by atoms with Gasteiger partial charge >= 0.3 is 5.97 Å². The molecule has 0 aromatic carbocycles. The number of ketones is 1. The van der Waals surface area contributed by atoms with E-state index in [1.807, 2.05) is 0 Å². The van der Waals surface area contributed by atoms with Gasteiger partial charge in [-0.15, -0.1) is 0 Å². The molecule has 60 valence electrons. The van der Waals surface area contributed by atoms with Gasteiger partial charge in [-0.3, -0.25) is 4.79 Å². The van der Waals surface area contributed by atoms with Crippen LogP contribution in [0.4, 0.5) is 0 Å². The van der Waals surface area contributed by atoms with Gasteiger partial charge in [0.1, 0.15) is 12.9 Å². The Bertz CT molecular complexity index is 183. The molecule has 0 aliphatic rings. The molecule has 0 radical (unpaired) electrons. The van der Waals surface area contributed by atoms with Crippen molar-refractivity contribution in [1.29, 1.82) is 0 Å². The zero-order valence-electron chi connectivity index (χ0n) is 5.91. The number of hydrogen-bond acceptors (Lipinski definition) is 4. The Hall–Kier alpha value is -1.45. The van der Waals surface area contributed by atoms with E-state index in [1.54, 1.807) is 0 Å². The van der Waals surface area contributed by atoms with E-state index in [4.69, 9.17) is 0 Å². The summed E-state index contributed by atoms with van der Waals surface area (Å²) in [7, 11) is 0. The molecule has 0 spiro atoms. The Balaban J connectivity index is 3.72. The molecular weight excluding hydrogens is 148 g/mol. The van der Waals surface area contributed by atoms with Crippen LogP contribution >= 0.6 is 0 Å². The van der Waals surface area contributed by atoms with Gasteiger partial charge in [0, 0.05) is 0 Å². The molecule has 0 amide bonds. The number of hydrogen-bond donors (Lipinski definition) is 0. The fourth-order valence-corrected chi connectivity index (χ4v) is 0.374. The largest absolute Gasteiger partial charge is 0.456 e. The molecule has 0 bridgehead atoms. The zero-order chi connectivity index (χ0) is 8.69. The smallest absolute Gasteiger partial charge is 0.375 e. The molecule has 0 heterocycles. The lowest BCUT2D eigenvalue weighted by molar-refractivity contribution is -0.153. The summed E-state index contributed by atoms with van der Waals surface area (Å²) in [6.45, 7) is 3.27. The van der Waals surface area contributed by atoms with E-state index in [0.717, 1.165) is 0 Å². The van der Waals surface area contributed by atoms with E-state index in [-0.39, 0.29) is 6.61 Å². The van der Waals surface area contributed by atoms with Gasteiger partial charge in [0.2, 0.25) is 5.78 Å². The van der Waals surface area contributed by atoms with Crippen molar-refractivity contribution < 1.29 is 19.1 Å². The van der Waals surface area contributed by atoms with Crippen molar-refractivity contribution in [3.8, 4) is 0 Å². The summed E-state index contributed by atoms with van der Waals surface area (Å²) in [4.78, 5) is 30.8. The molecule has 0 aromatic heterocycles. The van der Waals surface area contributed by atoms with Crippen molar-refractivity contribution >= 4 is 18.0 Å². The van der Waals surface area contributed by atoms with Crippen LogP contribution in [-0.2, 0) is 19.1 Å². The molecule has 4 heteroatoms. The fourth-order valence-electron chi connectivity index (χ4n) is 0.374. The quantitative estimate of drug-likeness (QED) is 0.183. The summed E-state index contributed by atoms with van der Waals surface area (Å²) in [6, 6.07) is 0. The second-order valence-corrected chi connectivity index (χ2v) is 1.68. The lowest BCUT2D eigenvalue weighted by atomic mass is 10.3. The topological polar surface area (TPSA) is 60.4 Å². The van der Waals surface area contributed by atoms with E-state index < -0.39 is 18.2 Å². The molecule has 11 heavy (non-hydrogen) atoms. The normalized spacial score (nSPS) is 8.36. The van der Waals surface area contributed by atoms with Crippen LogP contribution in [0.3, 0.4) is 0 Å². The third-order valence-corrected chi connectivity index (χ3v) is 0.829. The number of carbonyl (C=O) groups is 3. The fraction of sp³-hybridized carbons (Fsp3) is 0.286. The molecule has 4 nitrogen and oxygen atoms in total. The number of esters is 1. The molecule has 0 rings (SSSR count). The third-order valence-electron chi connectivity index (χ3n) is 0.829. The van der Waals surface area contributed by atoms with Crippen molar-refractivity contribution in [3.05, 3.63) is 12.7 Å². The van der Waals surface area contributed by atoms with Gasteiger partial charge in [0.25, 0.3) is 0 Å². The van der Waals surface area contributed by atoms with Crippen LogP contribution in [-0.4, -0.2) is 24.6 Å². The van der Waals surface area contributed by atoms with Crippen molar-refractivity contribution in [2.24, 2.45) is 0 Å². The van der Waals surface area contributed by atoms with Crippen molar-refractivity contribution in [3.63, 3.8) is 0 Å². The van der Waals surface area contributed by atoms with Crippen LogP contribution in [0.15, 0.2) is 12.7 Å². The van der Waals surface area contributed by atoms with Gasteiger partial charge in [0.05, 0.1) is 6.42 Å². The average molecular weight is 156 g/mol. The van der Waals surface area contributed by atoms with Gasteiger partial charge in [-0.1, -0.05) is 12.7 Å². The maximum atomic E-state index is 10.5. The molecule has 0 saturated carbocycles. The highest BCUT2D eigenvalue weighted by molar-refractivity contribution is 6.35. The molecule has 0 atom stereocenters. The lowest BCUT2D eigenvalue weighted by Crippen LogP contribution is -2.17. The average Bonchev–Trinajstić information content (AvgIpc) is 2.00. The molecule has 0 fully saturated rings. The second kappa shape index (κ2) is 5.34. The minimum absolute atomic E-state index is 0.0105. The number of carbonyl (C=O) groups excluding carboxylic acids is 3. The Morgan fingerprint density at radius 3 is 2.55 bits per heavy atom. The van der Waals surface area contributed by atoms with Gasteiger partial charge in [-0.05, 0) is 0 Å². The van der Waals surface area contributed by atoms with E-state index in [0.29, 0.717) is 6.29 Å². The van der Waals surface area contributed by atoms with E-state index in [1.165, 1.54) is 6.08 Å². The van der Waals surface area contributed by atoms with Crippen LogP contribution in [0, 0.1) is 0 Å². The van der Waals surface area contributed by atoms with Gasteiger partial charge < -0.3 is 9.53 Å². The van der Waals surface area contributed by atoms with Crippen LogP contribution in [0.25, 0.3) is 0 Å². The van der Waals surface area contributed by atoms with Gasteiger partial charge in [0.15, 0.2) is 0 Å². The van der Waals surface area contributed by atoms with Crippen LogP contribution in [0.1, 0.15) is 6.42 Å². The predicted molar refractivity (Wildman–Crippen MR) is 36.8 cm³/mol. The first-order valence-corrected chi connectivity index (χ1v) is 2.97. The molecule has 0 aliphatic carbocycles. The molecule has 0 unspecified atom stereocenters. The van der Waals surface area contributed by atoms with Gasteiger partial charge in [-0.2, -0.15) is 0 Å².